The second-order valence-corrected chi connectivity index (χ2v) is 3.79. The predicted molar refractivity (Wildman–Crippen MR) is 54.2 cm³/mol. The standard InChI is InChI=1S/C10H11F4NO4/c1-4(2)6(19-8(17)5(3)11)7(16)15-9(18)10(12,13)14/h4,6H,3H2,1-2H3,(H,15,16,18). The van der Waals surface area contributed by atoms with E-state index in [0.717, 1.165) is 5.32 Å². The number of imide groups is 1. The minimum atomic E-state index is -5.26. The van der Waals surface area contributed by atoms with E-state index in [2.05, 4.69) is 11.3 Å². The molecule has 0 rings (SSSR count). The lowest BCUT2D eigenvalue weighted by Crippen LogP contribution is -2.48. The van der Waals surface area contributed by atoms with E-state index in [0.29, 0.717) is 0 Å². The van der Waals surface area contributed by atoms with Crippen LogP contribution in [0, 0.1) is 5.92 Å². The van der Waals surface area contributed by atoms with E-state index >= 15 is 0 Å². The van der Waals surface area contributed by atoms with E-state index in [4.69, 9.17) is 0 Å². The second-order valence-electron chi connectivity index (χ2n) is 3.79. The van der Waals surface area contributed by atoms with E-state index in [9.17, 15) is 31.9 Å². The Morgan fingerprint density at radius 2 is 1.68 bits per heavy atom. The molecule has 5 nitrogen and oxygen atoms in total. The first kappa shape index (κ1) is 17.1. The number of hydrogen-bond acceptors (Lipinski definition) is 4. The van der Waals surface area contributed by atoms with Crippen molar-refractivity contribution >= 4 is 17.8 Å². The normalized spacial score (nSPS) is 12.8. The van der Waals surface area contributed by atoms with Gasteiger partial charge in [-0.05, 0) is 5.92 Å². The average molecular weight is 285 g/mol. The average Bonchev–Trinajstić information content (AvgIpc) is 2.22. The van der Waals surface area contributed by atoms with E-state index in [-0.39, 0.29) is 0 Å². The molecule has 9 heteroatoms. The van der Waals surface area contributed by atoms with Gasteiger partial charge < -0.3 is 4.74 Å². The third-order valence-corrected chi connectivity index (χ3v) is 1.81. The van der Waals surface area contributed by atoms with Crippen molar-refractivity contribution < 1.29 is 36.7 Å². The topological polar surface area (TPSA) is 72.5 Å². The van der Waals surface area contributed by atoms with Gasteiger partial charge in [-0.2, -0.15) is 17.6 Å². The van der Waals surface area contributed by atoms with Crippen molar-refractivity contribution in [3.05, 3.63) is 12.4 Å². The van der Waals surface area contributed by atoms with Gasteiger partial charge in [0.15, 0.2) is 6.10 Å². The lowest BCUT2D eigenvalue weighted by atomic mass is 10.1. The zero-order chi connectivity index (χ0) is 15.4. The molecular weight excluding hydrogens is 274 g/mol. The monoisotopic (exact) mass is 285 g/mol. The molecule has 0 aliphatic carbocycles. The summed E-state index contributed by atoms with van der Waals surface area (Å²) in [5.41, 5.74) is 0. The Hall–Kier alpha value is -1.93. The van der Waals surface area contributed by atoms with Gasteiger partial charge in [0.1, 0.15) is 0 Å². The second kappa shape index (κ2) is 6.30. The van der Waals surface area contributed by atoms with Gasteiger partial charge >= 0.3 is 18.1 Å². The quantitative estimate of drug-likeness (QED) is 0.479. The molecule has 0 heterocycles. The minimum Gasteiger partial charge on any atom is -0.447 e. The van der Waals surface area contributed by atoms with Gasteiger partial charge in [-0.25, -0.2) is 4.79 Å². The van der Waals surface area contributed by atoms with Gasteiger partial charge in [-0.3, -0.25) is 14.9 Å². The number of carbonyl (C=O) groups is 3. The van der Waals surface area contributed by atoms with Crippen LogP contribution in [0.3, 0.4) is 0 Å². The number of amides is 2. The molecular formula is C10H11F4NO4. The maximum Gasteiger partial charge on any atom is 0.471 e. The third-order valence-electron chi connectivity index (χ3n) is 1.81. The van der Waals surface area contributed by atoms with Crippen LogP contribution in [-0.4, -0.2) is 30.1 Å². The lowest BCUT2D eigenvalue weighted by molar-refractivity contribution is -0.177. The van der Waals surface area contributed by atoms with E-state index in [1.54, 1.807) is 0 Å². The number of hydrogen-bond donors (Lipinski definition) is 1. The molecule has 0 aromatic heterocycles. The summed E-state index contributed by atoms with van der Waals surface area (Å²) in [4.78, 5) is 32.7. The maximum atomic E-state index is 12.4. The highest BCUT2D eigenvalue weighted by molar-refractivity contribution is 6.00. The van der Waals surface area contributed by atoms with E-state index < -0.39 is 41.8 Å². The van der Waals surface area contributed by atoms with Gasteiger partial charge in [0.05, 0.1) is 0 Å². The van der Waals surface area contributed by atoms with E-state index in [1.807, 2.05) is 0 Å². The molecule has 108 valence electrons. The van der Waals surface area contributed by atoms with Gasteiger partial charge in [0, 0.05) is 0 Å². The molecule has 0 fully saturated rings. The lowest BCUT2D eigenvalue weighted by Gasteiger charge is -2.19. The molecule has 0 aliphatic heterocycles. The van der Waals surface area contributed by atoms with Crippen LogP contribution in [0.2, 0.25) is 0 Å². The number of carbonyl (C=O) groups excluding carboxylic acids is 3. The summed E-state index contributed by atoms with van der Waals surface area (Å²) < 4.78 is 52.4. The molecule has 19 heavy (non-hydrogen) atoms. The molecule has 1 unspecified atom stereocenters. The Kier molecular flexibility index (Phi) is 5.66. The van der Waals surface area contributed by atoms with Gasteiger partial charge in [-0.15, -0.1) is 0 Å². The Balaban J connectivity index is 4.83. The molecule has 2 amide bonds. The Bertz CT molecular complexity index is 403. The molecule has 0 spiro atoms. The van der Waals surface area contributed by atoms with Crippen LogP contribution in [0.1, 0.15) is 13.8 Å². The van der Waals surface area contributed by atoms with Crippen LogP contribution < -0.4 is 5.32 Å². The van der Waals surface area contributed by atoms with Crippen molar-refractivity contribution in [1.82, 2.24) is 5.32 Å². The molecule has 1 atom stereocenters. The van der Waals surface area contributed by atoms with Gasteiger partial charge in [0.2, 0.25) is 5.83 Å². The van der Waals surface area contributed by atoms with Crippen LogP contribution in [-0.2, 0) is 19.1 Å². The summed E-state index contributed by atoms with van der Waals surface area (Å²) in [6, 6.07) is 0. The Morgan fingerprint density at radius 1 is 1.21 bits per heavy atom. The Labute approximate surface area is 105 Å². The van der Waals surface area contributed by atoms with E-state index in [1.165, 1.54) is 13.8 Å². The van der Waals surface area contributed by atoms with Crippen molar-refractivity contribution in [2.75, 3.05) is 0 Å². The van der Waals surface area contributed by atoms with Gasteiger partial charge in [-0.1, -0.05) is 20.4 Å². The maximum absolute atomic E-state index is 12.4. The number of nitrogens with one attached hydrogen (secondary N) is 1. The van der Waals surface area contributed by atoms with Crippen LogP contribution >= 0.6 is 0 Å². The SMILES string of the molecule is C=C(F)C(=O)OC(C(=O)NC(=O)C(F)(F)F)C(C)C. The number of esters is 1. The highest BCUT2D eigenvalue weighted by Crippen LogP contribution is 2.15. The Morgan fingerprint density at radius 3 is 2.00 bits per heavy atom. The van der Waals surface area contributed by atoms with Crippen LogP contribution in [0.5, 0.6) is 0 Å². The summed E-state index contributed by atoms with van der Waals surface area (Å²) in [6.07, 6.45) is -7.00. The van der Waals surface area contributed by atoms with Crippen molar-refractivity contribution in [2.24, 2.45) is 5.92 Å². The first-order chi connectivity index (χ1) is 8.46. The highest BCUT2D eigenvalue weighted by atomic mass is 19.4. The summed E-state index contributed by atoms with van der Waals surface area (Å²) in [5, 5.41) is 1.01. The summed E-state index contributed by atoms with van der Waals surface area (Å²) in [7, 11) is 0. The van der Waals surface area contributed by atoms with Crippen molar-refractivity contribution in [1.29, 1.82) is 0 Å². The summed E-state index contributed by atoms with van der Waals surface area (Å²) in [5.74, 6) is -7.87. The fourth-order valence-electron chi connectivity index (χ4n) is 0.926. The van der Waals surface area contributed by atoms with Crippen LogP contribution in [0.15, 0.2) is 12.4 Å². The molecule has 0 bridgehead atoms. The van der Waals surface area contributed by atoms with Crippen LogP contribution in [0.25, 0.3) is 0 Å². The molecule has 0 aromatic carbocycles. The molecule has 0 radical (unpaired) electrons. The molecule has 0 saturated heterocycles. The highest BCUT2D eigenvalue weighted by Gasteiger charge is 2.41. The predicted octanol–water partition coefficient (Wildman–Crippen LogP) is 1.24. The molecule has 1 N–H and O–H groups in total. The van der Waals surface area contributed by atoms with Crippen molar-refractivity contribution in [3.63, 3.8) is 0 Å². The number of ether oxygens (including phenoxy) is 1. The first-order valence-corrected chi connectivity index (χ1v) is 4.94. The number of alkyl halides is 3. The smallest absolute Gasteiger partial charge is 0.447 e. The van der Waals surface area contributed by atoms with Crippen molar-refractivity contribution in [2.45, 2.75) is 26.1 Å². The number of rotatable bonds is 4. The summed E-state index contributed by atoms with van der Waals surface area (Å²) in [6.45, 7) is 5.27. The molecule has 0 saturated carbocycles. The largest absolute Gasteiger partial charge is 0.471 e. The molecule has 0 aliphatic rings. The zero-order valence-corrected chi connectivity index (χ0v) is 10.0. The first-order valence-electron chi connectivity index (χ1n) is 4.94. The zero-order valence-electron chi connectivity index (χ0n) is 10.0. The minimum absolute atomic E-state index is 0.774. The van der Waals surface area contributed by atoms with Crippen LogP contribution in [0.4, 0.5) is 17.6 Å². The van der Waals surface area contributed by atoms with Crippen molar-refractivity contribution in [3.8, 4) is 0 Å². The van der Waals surface area contributed by atoms with Gasteiger partial charge in [0.25, 0.3) is 5.91 Å². The fourth-order valence-corrected chi connectivity index (χ4v) is 0.926. The summed E-state index contributed by atoms with van der Waals surface area (Å²) >= 11 is 0. The number of halogens is 4. The fraction of sp³-hybridized carbons (Fsp3) is 0.500. The molecule has 0 aromatic rings. The third kappa shape index (κ3) is 5.49.